The van der Waals surface area contributed by atoms with Gasteiger partial charge in [-0.2, -0.15) is 0 Å². The minimum Gasteiger partial charge on any atom is -0.481 e. The van der Waals surface area contributed by atoms with Crippen LogP contribution in [0.4, 0.5) is 5.69 Å². The van der Waals surface area contributed by atoms with Crippen LogP contribution in [0.3, 0.4) is 0 Å². The third-order valence-corrected chi connectivity index (χ3v) is 5.50. The van der Waals surface area contributed by atoms with Crippen LogP contribution in [0.1, 0.15) is 30.7 Å². The molecule has 1 N–H and O–H groups in total. The zero-order valence-electron chi connectivity index (χ0n) is 11.7. The average molecular weight is 309 g/mol. The fourth-order valence-electron chi connectivity index (χ4n) is 2.60. The topological polar surface area (TPSA) is 74.7 Å². The van der Waals surface area contributed by atoms with E-state index in [-0.39, 0.29) is 12.3 Å². The number of sulfonamides is 1. The van der Waals surface area contributed by atoms with E-state index >= 15 is 0 Å². The van der Waals surface area contributed by atoms with Crippen molar-refractivity contribution in [3.8, 4) is 0 Å². The zero-order chi connectivity index (χ0) is 15.5. The van der Waals surface area contributed by atoms with Crippen LogP contribution in [-0.2, 0) is 14.8 Å². The fraction of sp³-hybridized carbons (Fsp3) is 0.400. The van der Waals surface area contributed by atoms with Gasteiger partial charge in [0, 0.05) is 6.54 Å². The zero-order valence-corrected chi connectivity index (χ0v) is 12.6. The first-order valence-electron chi connectivity index (χ1n) is 6.90. The summed E-state index contributed by atoms with van der Waals surface area (Å²) in [5.74, 6) is -1.50. The molecule has 1 atom stereocenters. The number of benzene rings is 1. The lowest BCUT2D eigenvalue weighted by Gasteiger charge is -2.33. The Morgan fingerprint density at radius 2 is 2.14 bits per heavy atom. The van der Waals surface area contributed by atoms with Gasteiger partial charge in [0.15, 0.2) is 0 Å². The molecule has 114 valence electrons. The molecule has 21 heavy (non-hydrogen) atoms. The monoisotopic (exact) mass is 309 g/mol. The van der Waals surface area contributed by atoms with E-state index in [1.165, 1.54) is 4.31 Å². The van der Waals surface area contributed by atoms with Crippen molar-refractivity contribution in [3.05, 3.63) is 42.5 Å². The van der Waals surface area contributed by atoms with Crippen LogP contribution in [-0.4, -0.2) is 31.8 Å². The van der Waals surface area contributed by atoms with Crippen LogP contribution >= 0.6 is 0 Å². The molecule has 1 aliphatic heterocycles. The summed E-state index contributed by atoms with van der Waals surface area (Å²) >= 11 is 0. The van der Waals surface area contributed by atoms with E-state index in [9.17, 15) is 18.3 Å². The Morgan fingerprint density at radius 1 is 1.43 bits per heavy atom. The van der Waals surface area contributed by atoms with Crippen LogP contribution < -0.4 is 4.31 Å². The maximum atomic E-state index is 12.4. The lowest BCUT2D eigenvalue weighted by Crippen LogP contribution is -2.39. The maximum Gasteiger partial charge on any atom is 0.311 e. The van der Waals surface area contributed by atoms with Crippen molar-refractivity contribution < 1.29 is 18.3 Å². The molecule has 5 nitrogen and oxygen atoms in total. The molecular weight excluding hydrogens is 290 g/mol. The van der Waals surface area contributed by atoms with E-state index in [1.54, 1.807) is 30.3 Å². The van der Waals surface area contributed by atoms with Gasteiger partial charge in [-0.05, 0) is 30.9 Å². The molecular formula is C15H19NO4S. The summed E-state index contributed by atoms with van der Waals surface area (Å²) in [6.45, 7) is 3.80. The molecule has 0 saturated heterocycles. The highest BCUT2D eigenvalue weighted by molar-refractivity contribution is 7.92. The van der Waals surface area contributed by atoms with Crippen molar-refractivity contribution in [3.63, 3.8) is 0 Å². The number of nitrogens with zero attached hydrogens (tertiary/aromatic N) is 1. The smallest absolute Gasteiger partial charge is 0.311 e. The number of aliphatic carboxylic acids is 1. The standard InChI is InChI=1S/C15H19NO4S/c1-2-3-6-11-21(19,20)16-10-9-13(15(17)18)12-7-4-5-8-14(12)16/h2,4-5,7-8,13H,1,3,6,9-11H2,(H,17,18). The van der Waals surface area contributed by atoms with Gasteiger partial charge in [-0.25, -0.2) is 8.42 Å². The third kappa shape index (κ3) is 3.26. The third-order valence-electron chi connectivity index (χ3n) is 3.65. The highest BCUT2D eigenvalue weighted by Gasteiger charge is 2.34. The normalized spacial score (nSPS) is 18.1. The van der Waals surface area contributed by atoms with Gasteiger partial charge in [-0.15, -0.1) is 6.58 Å². The largest absolute Gasteiger partial charge is 0.481 e. The number of carboxylic acids is 1. The first kappa shape index (κ1) is 15.6. The molecule has 1 aliphatic rings. The number of carboxylic acid groups (broad SMARTS) is 1. The first-order valence-corrected chi connectivity index (χ1v) is 8.51. The molecule has 6 heteroatoms. The van der Waals surface area contributed by atoms with Gasteiger partial charge in [-0.1, -0.05) is 24.3 Å². The SMILES string of the molecule is C=CCCCS(=O)(=O)N1CCC(C(=O)O)c2ccccc21. The number of para-hydroxylation sites is 1. The molecule has 0 bridgehead atoms. The molecule has 1 heterocycles. The predicted octanol–water partition coefficient (Wildman–Crippen LogP) is 2.36. The highest BCUT2D eigenvalue weighted by atomic mass is 32.2. The van der Waals surface area contributed by atoms with Gasteiger partial charge in [0.1, 0.15) is 0 Å². The summed E-state index contributed by atoms with van der Waals surface area (Å²) < 4.78 is 26.2. The Hall–Kier alpha value is -1.82. The molecule has 1 unspecified atom stereocenters. The minimum absolute atomic E-state index is 0.0467. The molecule has 0 spiro atoms. The molecule has 0 aliphatic carbocycles. The summed E-state index contributed by atoms with van der Waals surface area (Å²) in [5.41, 5.74) is 1.07. The van der Waals surface area contributed by atoms with Crippen molar-refractivity contribution in [1.29, 1.82) is 0 Å². The molecule has 0 amide bonds. The quantitative estimate of drug-likeness (QED) is 0.646. The van der Waals surface area contributed by atoms with Crippen molar-refractivity contribution in [2.75, 3.05) is 16.6 Å². The Bertz CT molecular complexity index is 639. The van der Waals surface area contributed by atoms with Crippen molar-refractivity contribution >= 4 is 21.7 Å². The average Bonchev–Trinajstić information content (AvgIpc) is 2.46. The Labute approximate surface area is 124 Å². The summed E-state index contributed by atoms with van der Waals surface area (Å²) in [5, 5.41) is 9.27. The number of hydrogen-bond acceptors (Lipinski definition) is 3. The molecule has 2 rings (SSSR count). The second kappa shape index (κ2) is 6.30. The molecule has 0 saturated carbocycles. The summed E-state index contributed by atoms with van der Waals surface area (Å²) in [4.78, 5) is 11.3. The van der Waals surface area contributed by atoms with Crippen molar-refractivity contribution in [2.24, 2.45) is 0 Å². The van der Waals surface area contributed by atoms with Crippen LogP contribution in [0.15, 0.2) is 36.9 Å². The van der Waals surface area contributed by atoms with E-state index in [0.29, 0.717) is 30.5 Å². The van der Waals surface area contributed by atoms with E-state index in [1.807, 2.05) is 0 Å². The van der Waals surface area contributed by atoms with E-state index < -0.39 is 21.9 Å². The number of allylic oxidation sites excluding steroid dienone is 1. The van der Waals surface area contributed by atoms with Crippen LogP contribution in [0.25, 0.3) is 0 Å². The predicted molar refractivity (Wildman–Crippen MR) is 82.0 cm³/mol. The number of anilines is 1. The first-order chi connectivity index (χ1) is 9.97. The summed E-state index contributed by atoms with van der Waals surface area (Å²) in [7, 11) is -3.43. The Balaban J connectivity index is 2.32. The van der Waals surface area contributed by atoms with Crippen LogP contribution in [0.5, 0.6) is 0 Å². The van der Waals surface area contributed by atoms with Crippen molar-refractivity contribution in [1.82, 2.24) is 0 Å². The molecule has 1 aromatic carbocycles. The number of unbranched alkanes of at least 4 members (excludes halogenated alkanes) is 1. The summed E-state index contributed by atoms with van der Waals surface area (Å²) in [6, 6.07) is 6.84. The lowest BCUT2D eigenvalue weighted by molar-refractivity contribution is -0.139. The van der Waals surface area contributed by atoms with Gasteiger partial charge in [-0.3, -0.25) is 9.10 Å². The molecule has 0 radical (unpaired) electrons. The molecule has 0 aromatic heterocycles. The van der Waals surface area contributed by atoms with E-state index in [2.05, 4.69) is 6.58 Å². The molecule has 0 fully saturated rings. The fourth-order valence-corrected chi connectivity index (χ4v) is 4.20. The van der Waals surface area contributed by atoms with E-state index in [4.69, 9.17) is 0 Å². The van der Waals surface area contributed by atoms with Gasteiger partial charge in [0.25, 0.3) is 0 Å². The van der Waals surface area contributed by atoms with Gasteiger partial charge < -0.3 is 5.11 Å². The lowest BCUT2D eigenvalue weighted by atomic mass is 9.91. The maximum absolute atomic E-state index is 12.4. The minimum atomic E-state index is -3.43. The summed E-state index contributed by atoms with van der Waals surface area (Å²) in [6.07, 6.45) is 3.16. The number of hydrogen-bond donors (Lipinski definition) is 1. The van der Waals surface area contributed by atoms with Gasteiger partial charge >= 0.3 is 5.97 Å². The van der Waals surface area contributed by atoms with E-state index in [0.717, 1.165) is 0 Å². The Kier molecular flexibility index (Phi) is 4.67. The number of carbonyl (C=O) groups is 1. The second-order valence-corrected chi connectivity index (χ2v) is 7.07. The van der Waals surface area contributed by atoms with Gasteiger partial charge in [0.05, 0.1) is 17.4 Å². The number of rotatable bonds is 6. The van der Waals surface area contributed by atoms with Gasteiger partial charge in [0.2, 0.25) is 10.0 Å². The molecule has 1 aromatic rings. The highest BCUT2D eigenvalue weighted by Crippen LogP contribution is 2.36. The van der Waals surface area contributed by atoms with Crippen molar-refractivity contribution in [2.45, 2.75) is 25.2 Å². The Morgan fingerprint density at radius 3 is 2.81 bits per heavy atom. The van der Waals surface area contributed by atoms with Crippen LogP contribution in [0.2, 0.25) is 0 Å². The second-order valence-electron chi connectivity index (χ2n) is 5.06. The number of fused-ring (bicyclic) bond motifs is 1. The van der Waals surface area contributed by atoms with Crippen LogP contribution in [0, 0.1) is 0 Å².